The molecule has 0 aliphatic carbocycles. The molecule has 0 saturated carbocycles. The SMILES string of the molecule is Cc1nn2c(-c3ccccc3)n[nH]c2c1/N=N/c1c(C#N)cnn1-c1ccccn1. The summed E-state index contributed by atoms with van der Waals surface area (Å²) in [4.78, 5) is 4.26. The fraction of sp³-hybridized carbons (Fsp3) is 0.0500. The van der Waals surface area contributed by atoms with Crippen LogP contribution in [-0.2, 0) is 0 Å². The zero-order valence-electron chi connectivity index (χ0n) is 15.8. The fourth-order valence-corrected chi connectivity index (χ4v) is 3.08. The number of aromatic amines is 1. The summed E-state index contributed by atoms with van der Waals surface area (Å²) in [6.07, 6.45) is 3.08. The number of aryl methyl sites for hydroxylation is 1. The Labute approximate surface area is 170 Å². The molecule has 10 nitrogen and oxygen atoms in total. The van der Waals surface area contributed by atoms with Crippen LogP contribution in [0.2, 0.25) is 0 Å². The monoisotopic (exact) mass is 394 g/mol. The molecule has 0 radical (unpaired) electrons. The third kappa shape index (κ3) is 2.82. The lowest BCUT2D eigenvalue weighted by Crippen LogP contribution is -1.97. The lowest BCUT2D eigenvalue weighted by Gasteiger charge is -2.01. The third-order valence-electron chi connectivity index (χ3n) is 4.50. The van der Waals surface area contributed by atoms with Gasteiger partial charge in [0.05, 0.1) is 11.9 Å². The van der Waals surface area contributed by atoms with Gasteiger partial charge in [0.2, 0.25) is 0 Å². The van der Waals surface area contributed by atoms with Crippen molar-refractivity contribution in [3.63, 3.8) is 0 Å². The van der Waals surface area contributed by atoms with Gasteiger partial charge in [-0.05, 0) is 19.1 Å². The van der Waals surface area contributed by atoms with E-state index in [0.717, 1.165) is 5.56 Å². The predicted octanol–water partition coefficient (Wildman–Crippen LogP) is 3.90. The highest BCUT2D eigenvalue weighted by atomic mass is 15.4. The summed E-state index contributed by atoms with van der Waals surface area (Å²) in [6.45, 7) is 1.84. The molecule has 10 heteroatoms. The second kappa shape index (κ2) is 7.06. The number of fused-ring (bicyclic) bond motifs is 1. The molecule has 0 atom stereocenters. The summed E-state index contributed by atoms with van der Waals surface area (Å²) in [5.41, 5.74) is 3.03. The van der Waals surface area contributed by atoms with Gasteiger partial charge in [-0.25, -0.2) is 4.98 Å². The number of azo groups is 1. The Morgan fingerprint density at radius 1 is 1.07 bits per heavy atom. The molecule has 4 heterocycles. The first kappa shape index (κ1) is 17.4. The lowest BCUT2D eigenvalue weighted by molar-refractivity contribution is 0.839. The molecular weight excluding hydrogens is 380 g/mol. The van der Waals surface area contributed by atoms with Crippen LogP contribution in [0.5, 0.6) is 0 Å². The van der Waals surface area contributed by atoms with E-state index >= 15 is 0 Å². The second-order valence-electron chi connectivity index (χ2n) is 6.40. The molecule has 5 aromatic rings. The Hall–Kier alpha value is -4.65. The van der Waals surface area contributed by atoms with Crippen molar-refractivity contribution in [3.05, 3.63) is 72.2 Å². The number of aromatic nitrogens is 7. The molecule has 0 aliphatic rings. The molecule has 0 unspecified atom stereocenters. The molecule has 5 rings (SSSR count). The minimum atomic E-state index is 0.290. The first-order chi connectivity index (χ1) is 14.8. The van der Waals surface area contributed by atoms with Gasteiger partial charge in [-0.3, -0.25) is 5.10 Å². The molecule has 1 aromatic carbocycles. The minimum absolute atomic E-state index is 0.290. The maximum atomic E-state index is 9.43. The van der Waals surface area contributed by atoms with E-state index in [1.165, 1.54) is 10.9 Å². The molecule has 0 aliphatic heterocycles. The Morgan fingerprint density at radius 2 is 1.90 bits per heavy atom. The number of pyridine rings is 1. The fourth-order valence-electron chi connectivity index (χ4n) is 3.08. The molecule has 0 fully saturated rings. The number of hydrogen-bond acceptors (Lipinski definition) is 7. The van der Waals surface area contributed by atoms with Gasteiger partial charge in [-0.15, -0.1) is 10.2 Å². The van der Waals surface area contributed by atoms with Crippen LogP contribution < -0.4 is 0 Å². The van der Waals surface area contributed by atoms with Crippen LogP contribution in [0.1, 0.15) is 11.3 Å². The number of H-pyrrole nitrogens is 1. The van der Waals surface area contributed by atoms with Crippen molar-refractivity contribution in [2.75, 3.05) is 0 Å². The lowest BCUT2D eigenvalue weighted by atomic mass is 10.2. The van der Waals surface area contributed by atoms with Crippen LogP contribution in [0.3, 0.4) is 0 Å². The summed E-state index contributed by atoms with van der Waals surface area (Å²) in [5, 5.41) is 34.2. The van der Waals surface area contributed by atoms with Crippen molar-refractivity contribution >= 4 is 17.2 Å². The number of rotatable bonds is 4. The Kier molecular flexibility index (Phi) is 4.11. The van der Waals surface area contributed by atoms with E-state index < -0.39 is 0 Å². The van der Waals surface area contributed by atoms with E-state index in [-0.39, 0.29) is 5.82 Å². The quantitative estimate of drug-likeness (QED) is 0.463. The number of benzene rings is 1. The van der Waals surface area contributed by atoms with Crippen molar-refractivity contribution in [1.82, 2.24) is 34.6 Å². The summed E-state index contributed by atoms with van der Waals surface area (Å²) >= 11 is 0. The van der Waals surface area contributed by atoms with Crippen molar-refractivity contribution in [3.8, 4) is 23.3 Å². The average Bonchev–Trinajstić information content (AvgIpc) is 3.47. The predicted molar refractivity (Wildman–Crippen MR) is 108 cm³/mol. The Bertz CT molecular complexity index is 1400. The molecule has 30 heavy (non-hydrogen) atoms. The van der Waals surface area contributed by atoms with E-state index in [1.54, 1.807) is 22.8 Å². The zero-order chi connectivity index (χ0) is 20.5. The van der Waals surface area contributed by atoms with Gasteiger partial charge in [-0.1, -0.05) is 36.4 Å². The normalized spacial score (nSPS) is 11.3. The van der Waals surface area contributed by atoms with Crippen LogP contribution in [-0.4, -0.2) is 34.6 Å². The third-order valence-corrected chi connectivity index (χ3v) is 4.50. The second-order valence-corrected chi connectivity index (χ2v) is 6.40. The Balaban J connectivity index is 1.59. The van der Waals surface area contributed by atoms with Crippen molar-refractivity contribution in [1.29, 1.82) is 5.26 Å². The van der Waals surface area contributed by atoms with Crippen molar-refractivity contribution in [2.24, 2.45) is 10.2 Å². The van der Waals surface area contributed by atoms with Gasteiger partial charge in [0.15, 0.2) is 28.8 Å². The number of hydrogen-bond donors (Lipinski definition) is 1. The van der Waals surface area contributed by atoms with Crippen LogP contribution in [0.25, 0.3) is 22.9 Å². The number of nitriles is 1. The molecule has 4 aromatic heterocycles. The summed E-state index contributed by atoms with van der Waals surface area (Å²) in [6, 6.07) is 17.2. The van der Waals surface area contributed by atoms with E-state index in [1.807, 2.05) is 43.3 Å². The Morgan fingerprint density at radius 3 is 2.67 bits per heavy atom. The van der Waals surface area contributed by atoms with Gasteiger partial charge < -0.3 is 0 Å². The molecule has 1 N–H and O–H groups in total. The summed E-state index contributed by atoms with van der Waals surface area (Å²) < 4.78 is 3.17. The van der Waals surface area contributed by atoms with Crippen LogP contribution >= 0.6 is 0 Å². The largest absolute Gasteiger partial charge is 0.257 e. The number of nitrogens with zero attached hydrogens (tertiary/aromatic N) is 9. The standard InChI is InChI=1S/C20H14N10/c1-13-17(20-27-26-18(30(20)28-13)14-7-3-2-4-8-14)24-25-19-15(11-21)12-23-29(19)16-9-5-6-10-22-16/h2-10,12,27H,1H3/b25-24+. The zero-order valence-corrected chi connectivity index (χ0v) is 15.8. The highest BCUT2D eigenvalue weighted by Gasteiger charge is 2.17. The van der Waals surface area contributed by atoms with E-state index in [4.69, 9.17) is 0 Å². The molecule has 0 saturated heterocycles. The van der Waals surface area contributed by atoms with Crippen molar-refractivity contribution < 1.29 is 0 Å². The maximum absolute atomic E-state index is 9.43. The van der Waals surface area contributed by atoms with Gasteiger partial charge in [0.25, 0.3) is 0 Å². The van der Waals surface area contributed by atoms with Gasteiger partial charge in [0.1, 0.15) is 11.6 Å². The first-order valence-corrected chi connectivity index (χ1v) is 9.06. The molecule has 0 bridgehead atoms. The molecule has 144 valence electrons. The van der Waals surface area contributed by atoms with Crippen molar-refractivity contribution in [2.45, 2.75) is 6.92 Å². The van der Waals surface area contributed by atoms with Crippen LogP contribution in [0.15, 0.2) is 71.2 Å². The van der Waals surface area contributed by atoms with E-state index in [9.17, 15) is 5.26 Å². The highest BCUT2D eigenvalue weighted by molar-refractivity contribution is 5.70. The van der Waals surface area contributed by atoms with E-state index in [0.29, 0.717) is 34.2 Å². The van der Waals surface area contributed by atoms with E-state index in [2.05, 4.69) is 41.7 Å². The smallest absolute Gasteiger partial charge is 0.197 e. The number of nitrogens with one attached hydrogen (secondary N) is 1. The van der Waals surface area contributed by atoms with Gasteiger partial charge in [0, 0.05) is 11.8 Å². The molecule has 0 amide bonds. The summed E-state index contributed by atoms with van der Waals surface area (Å²) in [5.74, 6) is 1.50. The summed E-state index contributed by atoms with van der Waals surface area (Å²) in [7, 11) is 0. The molecular formula is C20H14N10. The van der Waals surface area contributed by atoms with Gasteiger partial charge in [-0.2, -0.15) is 29.8 Å². The van der Waals surface area contributed by atoms with Crippen LogP contribution in [0.4, 0.5) is 11.5 Å². The van der Waals surface area contributed by atoms with Crippen LogP contribution in [0, 0.1) is 18.3 Å². The average molecular weight is 394 g/mol. The maximum Gasteiger partial charge on any atom is 0.197 e. The highest BCUT2D eigenvalue weighted by Crippen LogP contribution is 2.30. The topological polar surface area (TPSA) is 125 Å². The molecule has 0 spiro atoms. The first-order valence-electron chi connectivity index (χ1n) is 9.06. The minimum Gasteiger partial charge on any atom is -0.257 e. The van der Waals surface area contributed by atoms with Gasteiger partial charge >= 0.3 is 0 Å².